The molecule has 0 aromatic rings. The van der Waals surface area contributed by atoms with E-state index in [1.54, 1.807) is 14.2 Å². The van der Waals surface area contributed by atoms with E-state index in [2.05, 4.69) is 4.74 Å². The normalized spacial score (nSPS) is 19.5. The van der Waals surface area contributed by atoms with Crippen molar-refractivity contribution in [1.29, 1.82) is 0 Å². The molecule has 1 aliphatic rings. The molecular weight excluding hydrogens is 244 g/mol. The molecule has 0 saturated carbocycles. The largest absolute Gasteiger partial charge is 0.508 e. The monoisotopic (exact) mass is 262 g/mol. The maximum Gasteiger partial charge on any atom is 0.508 e. The number of hydrogen-bond acceptors (Lipinski definition) is 6. The van der Waals surface area contributed by atoms with Gasteiger partial charge in [0.05, 0.1) is 6.61 Å². The maximum absolute atomic E-state index is 10.6. The predicted octanol–water partition coefficient (Wildman–Crippen LogP) is 0.627. The van der Waals surface area contributed by atoms with Gasteiger partial charge in [0.25, 0.3) is 0 Å². The van der Waals surface area contributed by atoms with Gasteiger partial charge in [0, 0.05) is 20.8 Å². The van der Waals surface area contributed by atoms with Crippen LogP contribution in [0.5, 0.6) is 0 Å². The zero-order valence-electron chi connectivity index (χ0n) is 10.1. The topological polar surface area (TPSA) is 63.2 Å². The number of carbonyl (C=O) groups excluding carboxylic acids is 1. The lowest BCUT2D eigenvalue weighted by atomic mass is 10.4. The van der Waals surface area contributed by atoms with Crippen molar-refractivity contribution >= 4 is 15.7 Å². The molecule has 6 nitrogen and oxygen atoms in total. The smallest absolute Gasteiger partial charge is 0.430 e. The quantitative estimate of drug-likeness (QED) is 0.263. The van der Waals surface area contributed by atoms with Crippen LogP contribution < -0.4 is 0 Å². The van der Waals surface area contributed by atoms with Crippen LogP contribution in [0.4, 0.5) is 4.79 Å². The van der Waals surface area contributed by atoms with E-state index in [1.165, 1.54) is 0 Å². The molecular formula is C10H18O6Si. The summed E-state index contributed by atoms with van der Waals surface area (Å²) in [5, 5.41) is 0. The number of methoxy groups -OCH3 is 2. The van der Waals surface area contributed by atoms with Gasteiger partial charge in [-0.2, -0.15) is 0 Å². The molecule has 0 aliphatic carbocycles. The van der Waals surface area contributed by atoms with Crippen LogP contribution in [0.15, 0.2) is 0 Å². The molecule has 0 N–H and O–H groups in total. The molecule has 98 valence electrons. The highest BCUT2D eigenvalue weighted by Gasteiger charge is 2.24. The van der Waals surface area contributed by atoms with Gasteiger partial charge in [0.15, 0.2) is 6.10 Å². The van der Waals surface area contributed by atoms with Crippen molar-refractivity contribution in [2.45, 2.75) is 24.5 Å². The lowest BCUT2D eigenvalue weighted by Crippen LogP contribution is -2.22. The number of rotatable bonds is 9. The number of carbonyl (C=O) groups is 1. The zero-order valence-corrected chi connectivity index (χ0v) is 11.1. The fraction of sp³-hybridized carbons (Fsp3) is 0.900. The molecule has 7 heteroatoms. The van der Waals surface area contributed by atoms with Crippen molar-refractivity contribution < 1.29 is 28.5 Å². The SMILES string of the molecule is COC(OC)[Si]CCCOCC1COC(=O)O1. The Morgan fingerprint density at radius 3 is 2.82 bits per heavy atom. The van der Waals surface area contributed by atoms with E-state index in [-0.39, 0.29) is 18.6 Å². The molecule has 1 saturated heterocycles. The minimum atomic E-state index is -0.608. The minimum Gasteiger partial charge on any atom is -0.430 e. The molecule has 1 atom stereocenters. The van der Waals surface area contributed by atoms with E-state index in [4.69, 9.17) is 18.9 Å². The molecule has 1 unspecified atom stereocenters. The highest BCUT2D eigenvalue weighted by atomic mass is 28.2. The van der Waals surface area contributed by atoms with Gasteiger partial charge in [-0.15, -0.1) is 0 Å². The molecule has 17 heavy (non-hydrogen) atoms. The second-order valence-electron chi connectivity index (χ2n) is 3.49. The van der Waals surface area contributed by atoms with Gasteiger partial charge in [-0.05, 0) is 6.42 Å². The van der Waals surface area contributed by atoms with Crippen LogP contribution >= 0.6 is 0 Å². The summed E-state index contributed by atoms with van der Waals surface area (Å²) in [5.74, 6) is -0.112. The highest BCUT2D eigenvalue weighted by molar-refractivity contribution is 6.36. The van der Waals surface area contributed by atoms with Crippen LogP contribution in [0, 0.1) is 0 Å². The van der Waals surface area contributed by atoms with Gasteiger partial charge in [0.2, 0.25) is 0 Å². The van der Waals surface area contributed by atoms with Crippen molar-refractivity contribution in [3.05, 3.63) is 0 Å². The summed E-state index contributed by atoms with van der Waals surface area (Å²) in [5.41, 5.74) is 0. The molecule has 0 bridgehead atoms. The average molecular weight is 262 g/mol. The number of ether oxygens (including phenoxy) is 5. The average Bonchev–Trinajstić information content (AvgIpc) is 2.74. The van der Waals surface area contributed by atoms with Crippen LogP contribution in [0.3, 0.4) is 0 Å². The Hall–Kier alpha value is -0.633. The van der Waals surface area contributed by atoms with Crippen molar-refractivity contribution in [1.82, 2.24) is 0 Å². The van der Waals surface area contributed by atoms with Crippen molar-refractivity contribution in [2.75, 3.05) is 34.0 Å². The number of hydrogen-bond donors (Lipinski definition) is 0. The van der Waals surface area contributed by atoms with Gasteiger partial charge in [-0.1, -0.05) is 6.04 Å². The molecule has 1 heterocycles. The summed E-state index contributed by atoms with van der Waals surface area (Å²) < 4.78 is 25.0. The first-order chi connectivity index (χ1) is 8.26. The van der Waals surface area contributed by atoms with Crippen LogP contribution in [0.25, 0.3) is 0 Å². The first kappa shape index (κ1) is 14.4. The van der Waals surface area contributed by atoms with Crippen LogP contribution in [0.2, 0.25) is 6.04 Å². The fourth-order valence-electron chi connectivity index (χ4n) is 1.32. The Labute approximate surface area is 103 Å². The lowest BCUT2D eigenvalue weighted by molar-refractivity contribution is -0.0442. The van der Waals surface area contributed by atoms with Crippen molar-refractivity contribution in [3.8, 4) is 0 Å². The molecule has 2 radical (unpaired) electrons. The van der Waals surface area contributed by atoms with Gasteiger partial charge >= 0.3 is 6.16 Å². The second kappa shape index (κ2) is 8.46. The molecule has 0 amide bonds. The van der Waals surface area contributed by atoms with E-state index in [0.717, 1.165) is 12.5 Å². The summed E-state index contributed by atoms with van der Waals surface area (Å²) in [6, 6.07) is 0.993. The fourth-order valence-corrected chi connectivity index (χ4v) is 2.24. The second-order valence-corrected chi connectivity index (χ2v) is 4.87. The van der Waals surface area contributed by atoms with Crippen molar-refractivity contribution in [3.63, 3.8) is 0 Å². The molecule has 0 aromatic carbocycles. The number of cyclic esters (lactones) is 2. The highest BCUT2D eigenvalue weighted by Crippen LogP contribution is 2.06. The molecule has 0 aromatic heterocycles. The van der Waals surface area contributed by atoms with E-state index in [9.17, 15) is 4.79 Å². The summed E-state index contributed by atoms with van der Waals surface area (Å²) in [6.07, 6.45) is 0.0715. The molecule has 0 spiro atoms. The Bertz CT molecular complexity index is 221. The summed E-state index contributed by atoms with van der Waals surface area (Å²) in [7, 11) is 3.87. The Morgan fingerprint density at radius 1 is 1.47 bits per heavy atom. The summed E-state index contributed by atoms with van der Waals surface area (Å²) >= 11 is 0. The van der Waals surface area contributed by atoms with Crippen LogP contribution in [-0.4, -0.2) is 61.7 Å². The Morgan fingerprint density at radius 2 is 2.24 bits per heavy atom. The summed E-state index contributed by atoms with van der Waals surface area (Å²) in [6.45, 7) is 1.32. The predicted molar refractivity (Wildman–Crippen MR) is 60.0 cm³/mol. The third kappa shape index (κ3) is 6.01. The van der Waals surface area contributed by atoms with E-state index in [0.29, 0.717) is 22.7 Å². The maximum atomic E-state index is 10.6. The molecule has 1 fully saturated rings. The molecule has 1 aliphatic heterocycles. The Balaban J connectivity index is 1.89. The van der Waals surface area contributed by atoms with Gasteiger partial charge in [-0.3, -0.25) is 0 Å². The standard InChI is InChI=1S/C10H18O6Si/c1-12-10(13-2)17-5-3-4-14-6-8-7-15-9(11)16-8/h8,10H,3-7H2,1-2H3. The van der Waals surface area contributed by atoms with Crippen molar-refractivity contribution in [2.24, 2.45) is 0 Å². The van der Waals surface area contributed by atoms with Crippen LogP contribution in [-0.2, 0) is 23.7 Å². The third-order valence-electron chi connectivity index (χ3n) is 2.16. The first-order valence-electron chi connectivity index (χ1n) is 5.46. The van der Waals surface area contributed by atoms with E-state index < -0.39 is 6.16 Å². The first-order valence-corrected chi connectivity index (χ1v) is 6.75. The van der Waals surface area contributed by atoms with Crippen LogP contribution in [0.1, 0.15) is 6.42 Å². The molecule has 1 rings (SSSR count). The van der Waals surface area contributed by atoms with Gasteiger partial charge < -0.3 is 23.7 Å². The summed E-state index contributed by atoms with van der Waals surface area (Å²) in [4.78, 5) is 10.6. The Kier molecular flexibility index (Phi) is 7.18. The van der Waals surface area contributed by atoms with E-state index >= 15 is 0 Å². The lowest BCUT2D eigenvalue weighted by Gasteiger charge is -2.12. The van der Waals surface area contributed by atoms with Gasteiger partial charge in [-0.25, -0.2) is 4.79 Å². The van der Waals surface area contributed by atoms with Gasteiger partial charge in [0.1, 0.15) is 22.0 Å². The zero-order chi connectivity index (χ0) is 12.5. The third-order valence-corrected chi connectivity index (χ3v) is 3.61. The van der Waals surface area contributed by atoms with E-state index in [1.807, 2.05) is 0 Å². The minimum absolute atomic E-state index is 0.112.